The van der Waals surface area contributed by atoms with Gasteiger partial charge in [0.25, 0.3) is 0 Å². The van der Waals surface area contributed by atoms with Gasteiger partial charge in [0.05, 0.1) is 0 Å². The van der Waals surface area contributed by atoms with E-state index in [1.54, 1.807) is 0 Å². The summed E-state index contributed by atoms with van der Waals surface area (Å²) >= 11 is 0. The Labute approximate surface area is 126 Å². The van der Waals surface area contributed by atoms with Gasteiger partial charge < -0.3 is 9.80 Å². The van der Waals surface area contributed by atoms with Crippen molar-refractivity contribution in [3.05, 3.63) is 18.0 Å². The Kier molecular flexibility index (Phi) is 4.08. The quantitative estimate of drug-likeness (QED) is 0.854. The summed E-state index contributed by atoms with van der Waals surface area (Å²) < 4.78 is 0. The molecule has 1 aromatic rings. The zero-order valence-corrected chi connectivity index (χ0v) is 13.0. The SMILES string of the molecule is Cc1ccnc(N2CCC(N(C)C(=O)C3CCC3)CC2)n1. The summed E-state index contributed by atoms with van der Waals surface area (Å²) in [5, 5.41) is 0. The average Bonchev–Trinajstić information content (AvgIpc) is 2.45. The van der Waals surface area contributed by atoms with E-state index in [-0.39, 0.29) is 0 Å². The Bertz CT molecular complexity index is 507. The number of hydrogen-bond acceptors (Lipinski definition) is 4. The number of nitrogens with zero attached hydrogens (tertiary/aromatic N) is 4. The molecule has 1 aromatic heterocycles. The molecule has 1 amide bonds. The molecule has 0 N–H and O–H groups in total. The molecular formula is C16H24N4O. The second kappa shape index (κ2) is 6.00. The lowest BCUT2D eigenvalue weighted by atomic mass is 9.84. The summed E-state index contributed by atoms with van der Waals surface area (Å²) in [5.41, 5.74) is 0.999. The van der Waals surface area contributed by atoms with Crippen molar-refractivity contribution in [2.24, 2.45) is 5.92 Å². The lowest BCUT2D eigenvalue weighted by molar-refractivity contribution is -0.139. The lowest BCUT2D eigenvalue weighted by Gasteiger charge is -2.39. The molecule has 0 bridgehead atoms. The topological polar surface area (TPSA) is 49.3 Å². The van der Waals surface area contributed by atoms with Crippen LogP contribution in [0.1, 0.15) is 37.8 Å². The Morgan fingerprint density at radius 3 is 2.57 bits per heavy atom. The molecule has 0 unspecified atom stereocenters. The first kappa shape index (κ1) is 14.3. The number of piperidine rings is 1. The number of amides is 1. The Morgan fingerprint density at radius 1 is 1.29 bits per heavy atom. The molecule has 1 aliphatic carbocycles. The fourth-order valence-corrected chi connectivity index (χ4v) is 3.16. The molecule has 21 heavy (non-hydrogen) atoms. The molecule has 2 fully saturated rings. The smallest absolute Gasteiger partial charge is 0.225 e. The predicted molar refractivity (Wildman–Crippen MR) is 82.1 cm³/mol. The van der Waals surface area contributed by atoms with Gasteiger partial charge in [-0.3, -0.25) is 4.79 Å². The summed E-state index contributed by atoms with van der Waals surface area (Å²) in [4.78, 5) is 25.4. The lowest BCUT2D eigenvalue weighted by Crippen LogP contribution is -2.48. The van der Waals surface area contributed by atoms with Crippen LogP contribution < -0.4 is 4.90 Å². The highest BCUT2D eigenvalue weighted by atomic mass is 16.2. The number of aromatic nitrogens is 2. The van der Waals surface area contributed by atoms with Crippen LogP contribution in [0.25, 0.3) is 0 Å². The van der Waals surface area contributed by atoms with Crippen LogP contribution in [-0.4, -0.2) is 47.0 Å². The normalized spacial score (nSPS) is 20.2. The van der Waals surface area contributed by atoms with E-state index in [0.717, 1.165) is 50.4 Å². The minimum absolute atomic E-state index is 0.299. The highest BCUT2D eigenvalue weighted by Gasteiger charge is 2.32. The molecular weight excluding hydrogens is 264 g/mol. The van der Waals surface area contributed by atoms with Gasteiger partial charge in [-0.15, -0.1) is 0 Å². The van der Waals surface area contributed by atoms with Crippen molar-refractivity contribution in [3.63, 3.8) is 0 Å². The van der Waals surface area contributed by atoms with Gasteiger partial charge in [0, 0.05) is 44.0 Å². The third-order valence-corrected chi connectivity index (χ3v) is 4.88. The number of rotatable bonds is 3. The Balaban J connectivity index is 1.56. The zero-order valence-electron chi connectivity index (χ0n) is 13.0. The number of aryl methyl sites for hydroxylation is 1. The molecule has 0 aromatic carbocycles. The van der Waals surface area contributed by atoms with Gasteiger partial charge in [-0.05, 0) is 38.7 Å². The maximum absolute atomic E-state index is 12.3. The van der Waals surface area contributed by atoms with Crippen molar-refractivity contribution in [3.8, 4) is 0 Å². The predicted octanol–water partition coefficient (Wildman–Crippen LogP) is 2.01. The van der Waals surface area contributed by atoms with Crippen LogP contribution in [0.2, 0.25) is 0 Å². The number of anilines is 1. The van der Waals surface area contributed by atoms with Crippen molar-refractivity contribution in [1.82, 2.24) is 14.9 Å². The van der Waals surface area contributed by atoms with Crippen molar-refractivity contribution in [2.75, 3.05) is 25.0 Å². The monoisotopic (exact) mass is 288 g/mol. The molecule has 2 heterocycles. The van der Waals surface area contributed by atoms with Gasteiger partial charge in [-0.2, -0.15) is 0 Å². The highest BCUT2D eigenvalue weighted by Crippen LogP contribution is 2.29. The van der Waals surface area contributed by atoms with Crippen LogP contribution in [-0.2, 0) is 4.79 Å². The Hall–Kier alpha value is -1.65. The first-order chi connectivity index (χ1) is 10.1. The molecule has 114 valence electrons. The molecule has 5 nitrogen and oxygen atoms in total. The van der Waals surface area contributed by atoms with E-state index in [1.165, 1.54) is 6.42 Å². The summed E-state index contributed by atoms with van der Waals surface area (Å²) in [6.45, 7) is 3.84. The molecule has 0 spiro atoms. The number of carbonyl (C=O) groups is 1. The van der Waals surface area contributed by atoms with Crippen LogP contribution in [0, 0.1) is 12.8 Å². The van der Waals surface area contributed by atoms with E-state index >= 15 is 0 Å². The Morgan fingerprint density at radius 2 is 2.00 bits per heavy atom. The average molecular weight is 288 g/mol. The van der Waals surface area contributed by atoms with Crippen LogP contribution in [0.15, 0.2) is 12.3 Å². The molecule has 0 atom stereocenters. The van der Waals surface area contributed by atoms with Gasteiger partial charge >= 0.3 is 0 Å². The van der Waals surface area contributed by atoms with Gasteiger partial charge in [0.15, 0.2) is 0 Å². The molecule has 1 aliphatic heterocycles. The third kappa shape index (κ3) is 3.01. The molecule has 2 aliphatic rings. The molecule has 3 rings (SSSR count). The summed E-state index contributed by atoms with van der Waals surface area (Å²) in [5.74, 6) is 1.47. The van der Waals surface area contributed by atoms with E-state index in [1.807, 2.05) is 31.1 Å². The highest BCUT2D eigenvalue weighted by molar-refractivity contribution is 5.79. The van der Waals surface area contributed by atoms with E-state index < -0.39 is 0 Å². The van der Waals surface area contributed by atoms with Gasteiger partial charge in [-0.1, -0.05) is 6.42 Å². The second-order valence-electron chi connectivity index (χ2n) is 6.29. The molecule has 1 saturated carbocycles. The maximum Gasteiger partial charge on any atom is 0.225 e. The molecule has 1 saturated heterocycles. The maximum atomic E-state index is 12.3. The fourth-order valence-electron chi connectivity index (χ4n) is 3.16. The van der Waals surface area contributed by atoms with Crippen LogP contribution in [0.3, 0.4) is 0 Å². The summed E-state index contributed by atoms with van der Waals surface area (Å²) in [6.07, 6.45) is 7.21. The van der Waals surface area contributed by atoms with E-state index in [4.69, 9.17) is 0 Å². The van der Waals surface area contributed by atoms with Gasteiger partial charge in [0.2, 0.25) is 11.9 Å². The van der Waals surface area contributed by atoms with Crippen molar-refractivity contribution in [2.45, 2.75) is 45.1 Å². The first-order valence-electron chi connectivity index (χ1n) is 7.96. The van der Waals surface area contributed by atoms with Gasteiger partial charge in [-0.25, -0.2) is 9.97 Å². The zero-order chi connectivity index (χ0) is 14.8. The van der Waals surface area contributed by atoms with Crippen molar-refractivity contribution < 1.29 is 4.79 Å². The molecule has 0 radical (unpaired) electrons. The largest absolute Gasteiger partial charge is 0.342 e. The van der Waals surface area contributed by atoms with Crippen LogP contribution in [0.5, 0.6) is 0 Å². The van der Waals surface area contributed by atoms with E-state index in [0.29, 0.717) is 17.9 Å². The minimum Gasteiger partial charge on any atom is -0.342 e. The standard InChI is InChI=1S/C16H24N4O/c1-12-6-9-17-16(18-12)20-10-7-14(8-11-20)19(2)15(21)13-4-3-5-13/h6,9,13-14H,3-5,7-8,10-11H2,1-2H3. The van der Waals surface area contributed by atoms with Crippen LogP contribution >= 0.6 is 0 Å². The minimum atomic E-state index is 0.299. The summed E-state index contributed by atoms with van der Waals surface area (Å²) in [7, 11) is 1.98. The first-order valence-corrected chi connectivity index (χ1v) is 7.96. The second-order valence-corrected chi connectivity index (χ2v) is 6.29. The van der Waals surface area contributed by atoms with Crippen molar-refractivity contribution >= 4 is 11.9 Å². The fraction of sp³-hybridized carbons (Fsp3) is 0.688. The number of hydrogen-bond donors (Lipinski definition) is 0. The summed E-state index contributed by atoms with van der Waals surface area (Å²) in [6, 6.07) is 2.29. The third-order valence-electron chi connectivity index (χ3n) is 4.88. The van der Waals surface area contributed by atoms with Crippen LogP contribution in [0.4, 0.5) is 5.95 Å². The van der Waals surface area contributed by atoms with E-state index in [9.17, 15) is 4.79 Å². The van der Waals surface area contributed by atoms with Crippen molar-refractivity contribution in [1.29, 1.82) is 0 Å². The number of carbonyl (C=O) groups excluding carboxylic acids is 1. The van der Waals surface area contributed by atoms with E-state index in [2.05, 4.69) is 14.9 Å². The molecule has 5 heteroatoms. The van der Waals surface area contributed by atoms with Gasteiger partial charge in [0.1, 0.15) is 0 Å².